The molecule has 0 saturated carbocycles. The molecular weight excluding hydrogens is 300 g/mol. The fourth-order valence-electron chi connectivity index (χ4n) is 2.54. The Morgan fingerprint density at radius 3 is 2.64 bits per heavy atom. The topological polar surface area (TPSA) is 55.6 Å². The zero-order chi connectivity index (χ0) is 15.7. The molecule has 5 heteroatoms. The Morgan fingerprint density at radius 1 is 1.23 bits per heavy atom. The number of carbonyl (C=O) groups excluding carboxylic acids is 1. The third-order valence-electron chi connectivity index (χ3n) is 3.71. The van der Waals surface area contributed by atoms with Crippen LogP contribution in [0, 0.1) is 0 Å². The third-order valence-corrected chi connectivity index (χ3v) is 3.96. The summed E-state index contributed by atoms with van der Waals surface area (Å²) in [6.45, 7) is 2.41. The minimum atomic E-state index is -0.471. The molecule has 0 radical (unpaired) electrons. The maximum Gasteiger partial charge on any atom is 0.268 e. The van der Waals surface area contributed by atoms with Crippen molar-refractivity contribution in [3.63, 3.8) is 0 Å². The van der Waals surface area contributed by atoms with Gasteiger partial charge in [-0.1, -0.05) is 30.7 Å². The Hall–Kier alpha value is -2.20. The second-order valence-electron chi connectivity index (χ2n) is 5.29. The van der Waals surface area contributed by atoms with Gasteiger partial charge in [0.05, 0.1) is 12.2 Å². The van der Waals surface area contributed by atoms with E-state index in [0.717, 1.165) is 11.3 Å². The molecule has 0 spiro atoms. The van der Waals surface area contributed by atoms with Crippen LogP contribution in [0.3, 0.4) is 0 Å². The van der Waals surface area contributed by atoms with Gasteiger partial charge in [0.25, 0.3) is 5.91 Å². The van der Waals surface area contributed by atoms with Crippen molar-refractivity contribution in [1.29, 1.82) is 0 Å². The van der Waals surface area contributed by atoms with Crippen molar-refractivity contribution < 1.29 is 9.53 Å². The lowest BCUT2D eigenvalue weighted by Gasteiger charge is -2.34. The molecule has 1 heterocycles. The molecule has 1 amide bonds. The fourth-order valence-corrected chi connectivity index (χ4v) is 2.66. The molecule has 3 rings (SSSR count). The monoisotopic (exact) mass is 316 g/mol. The smallest absolute Gasteiger partial charge is 0.268 e. The highest BCUT2D eigenvalue weighted by atomic mass is 35.5. The van der Waals surface area contributed by atoms with Crippen molar-refractivity contribution in [3.05, 3.63) is 53.1 Å². The van der Waals surface area contributed by atoms with E-state index in [4.69, 9.17) is 22.1 Å². The van der Waals surface area contributed by atoms with Gasteiger partial charge in [0.15, 0.2) is 6.10 Å². The highest BCUT2D eigenvalue weighted by Crippen LogP contribution is 2.37. The molecule has 0 aromatic heterocycles. The Kier molecular flexibility index (Phi) is 3.94. The van der Waals surface area contributed by atoms with E-state index in [9.17, 15) is 4.79 Å². The summed E-state index contributed by atoms with van der Waals surface area (Å²) in [5, 5.41) is 0.677. The van der Waals surface area contributed by atoms with Crippen LogP contribution in [0.2, 0.25) is 5.02 Å². The summed E-state index contributed by atoms with van der Waals surface area (Å²) in [6, 6.07) is 12.8. The Balaban J connectivity index is 1.97. The Morgan fingerprint density at radius 2 is 1.95 bits per heavy atom. The van der Waals surface area contributed by atoms with Crippen LogP contribution < -0.4 is 15.4 Å². The SMILES string of the molecule is CCC1Oc2cc(N)ccc2N(Cc2ccc(Cl)cc2)C1=O. The van der Waals surface area contributed by atoms with Gasteiger partial charge in [0, 0.05) is 16.8 Å². The first-order chi connectivity index (χ1) is 10.6. The van der Waals surface area contributed by atoms with E-state index < -0.39 is 6.10 Å². The Labute approximate surface area is 134 Å². The second-order valence-corrected chi connectivity index (χ2v) is 5.73. The zero-order valence-electron chi connectivity index (χ0n) is 12.3. The van der Waals surface area contributed by atoms with E-state index in [1.54, 1.807) is 17.0 Å². The number of nitrogens with zero attached hydrogens (tertiary/aromatic N) is 1. The number of amides is 1. The first-order valence-corrected chi connectivity index (χ1v) is 7.58. The van der Waals surface area contributed by atoms with Crippen LogP contribution in [0.4, 0.5) is 11.4 Å². The first-order valence-electron chi connectivity index (χ1n) is 7.20. The zero-order valence-corrected chi connectivity index (χ0v) is 13.0. The number of benzene rings is 2. The molecule has 1 unspecified atom stereocenters. The van der Waals surface area contributed by atoms with Crippen LogP contribution in [0.1, 0.15) is 18.9 Å². The molecule has 2 N–H and O–H groups in total. The van der Waals surface area contributed by atoms with E-state index in [-0.39, 0.29) is 5.91 Å². The van der Waals surface area contributed by atoms with Gasteiger partial charge in [-0.3, -0.25) is 4.79 Å². The van der Waals surface area contributed by atoms with E-state index in [0.29, 0.717) is 29.4 Å². The van der Waals surface area contributed by atoms with E-state index in [1.165, 1.54) is 0 Å². The van der Waals surface area contributed by atoms with Crippen molar-refractivity contribution in [3.8, 4) is 5.75 Å². The number of halogens is 1. The summed E-state index contributed by atoms with van der Waals surface area (Å²) in [7, 11) is 0. The summed E-state index contributed by atoms with van der Waals surface area (Å²) in [4.78, 5) is 14.4. The van der Waals surface area contributed by atoms with Crippen molar-refractivity contribution in [1.82, 2.24) is 0 Å². The number of nitrogens with two attached hydrogens (primary N) is 1. The van der Waals surface area contributed by atoms with Gasteiger partial charge >= 0.3 is 0 Å². The summed E-state index contributed by atoms with van der Waals surface area (Å²) >= 11 is 5.91. The molecule has 0 fully saturated rings. The van der Waals surface area contributed by atoms with Crippen LogP contribution in [-0.4, -0.2) is 12.0 Å². The standard InChI is InChI=1S/C17H17ClN2O2/c1-2-15-17(21)20(10-11-3-5-12(18)6-4-11)14-8-7-13(19)9-16(14)22-15/h3-9,15H,2,10,19H2,1H3. The van der Waals surface area contributed by atoms with Gasteiger partial charge in [-0.05, 0) is 36.2 Å². The van der Waals surface area contributed by atoms with E-state index in [1.807, 2.05) is 37.3 Å². The average Bonchev–Trinajstić information content (AvgIpc) is 2.51. The maximum absolute atomic E-state index is 12.6. The predicted molar refractivity (Wildman–Crippen MR) is 88.2 cm³/mol. The molecular formula is C17H17ClN2O2. The molecule has 0 aliphatic carbocycles. The van der Waals surface area contributed by atoms with Crippen LogP contribution in [-0.2, 0) is 11.3 Å². The van der Waals surface area contributed by atoms with Gasteiger partial charge in [0.2, 0.25) is 0 Å². The summed E-state index contributed by atoms with van der Waals surface area (Å²) in [5.74, 6) is 0.620. The molecule has 1 aliphatic heterocycles. The number of ether oxygens (including phenoxy) is 1. The number of nitrogen functional groups attached to an aromatic ring is 1. The largest absolute Gasteiger partial charge is 0.478 e. The molecule has 1 aliphatic rings. The van der Waals surface area contributed by atoms with Gasteiger partial charge in [-0.2, -0.15) is 0 Å². The van der Waals surface area contributed by atoms with Gasteiger partial charge in [0.1, 0.15) is 5.75 Å². The van der Waals surface area contributed by atoms with Crippen molar-refractivity contribution in [2.24, 2.45) is 0 Å². The molecule has 0 bridgehead atoms. The fraction of sp³-hybridized carbons (Fsp3) is 0.235. The highest BCUT2D eigenvalue weighted by molar-refractivity contribution is 6.30. The molecule has 1 atom stereocenters. The van der Waals surface area contributed by atoms with Gasteiger partial charge < -0.3 is 15.4 Å². The van der Waals surface area contributed by atoms with Crippen LogP contribution >= 0.6 is 11.6 Å². The lowest BCUT2D eigenvalue weighted by atomic mass is 10.1. The number of hydrogen-bond acceptors (Lipinski definition) is 3. The molecule has 22 heavy (non-hydrogen) atoms. The number of rotatable bonds is 3. The van der Waals surface area contributed by atoms with Crippen molar-refractivity contribution in [2.45, 2.75) is 26.0 Å². The molecule has 0 saturated heterocycles. The predicted octanol–water partition coefficient (Wildman–Crippen LogP) is 3.63. The van der Waals surface area contributed by atoms with E-state index in [2.05, 4.69) is 0 Å². The highest BCUT2D eigenvalue weighted by Gasteiger charge is 2.33. The number of anilines is 2. The van der Waals surface area contributed by atoms with Crippen LogP contribution in [0.5, 0.6) is 5.75 Å². The van der Waals surface area contributed by atoms with Crippen LogP contribution in [0.15, 0.2) is 42.5 Å². The quantitative estimate of drug-likeness (QED) is 0.880. The second kappa shape index (κ2) is 5.89. The minimum Gasteiger partial charge on any atom is -0.478 e. The van der Waals surface area contributed by atoms with E-state index >= 15 is 0 Å². The van der Waals surface area contributed by atoms with Crippen LogP contribution in [0.25, 0.3) is 0 Å². The van der Waals surface area contributed by atoms with Gasteiger partial charge in [-0.25, -0.2) is 0 Å². The minimum absolute atomic E-state index is 0.0327. The lowest BCUT2D eigenvalue weighted by molar-refractivity contribution is -0.126. The molecule has 4 nitrogen and oxygen atoms in total. The number of fused-ring (bicyclic) bond motifs is 1. The van der Waals surface area contributed by atoms with Gasteiger partial charge in [-0.15, -0.1) is 0 Å². The number of hydrogen-bond donors (Lipinski definition) is 1. The summed E-state index contributed by atoms with van der Waals surface area (Å²) in [6.07, 6.45) is 0.145. The summed E-state index contributed by atoms with van der Waals surface area (Å²) < 4.78 is 5.77. The maximum atomic E-state index is 12.6. The first kappa shape index (κ1) is 14.7. The lowest BCUT2D eigenvalue weighted by Crippen LogP contribution is -2.45. The average molecular weight is 317 g/mol. The molecule has 2 aromatic carbocycles. The normalized spacial score (nSPS) is 17.1. The third kappa shape index (κ3) is 2.74. The molecule has 114 valence electrons. The Bertz CT molecular complexity index is 700. The number of carbonyl (C=O) groups is 1. The summed E-state index contributed by atoms with van der Waals surface area (Å²) in [5.41, 5.74) is 8.20. The van der Waals surface area contributed by atoms with Crippen molar-refractivity contribution in [2.75, 3.05) is 10.6 Å². The van der Waals surface area contributed by atoms with Crippen molar-refractivity contribution >= 4 is 28.9 Å². The molecule has 2 aromatic rings.